The Kier molecular flexibility index (Phi) is 3.68. The van der Waals surface area contributed by atoms with Crippen molar-refractivity contribution in [2.75, 3.05) is 11.9 Å². The predicted molar refractivity (Wildman–Crippen MR) is 52.0 cm³/mol. The first kappa shape index (κ1) is 10.8. The first-order valence-corrected chi connectivity index (χ1v) is 4.43. The van der Waals surface area contributed by atoms with Crippen molar-refractivity contribution in [2.45, 2.75) is 20.5 Å². The number of halogens is 2. The van der Waals surface area contributed by atoms with E-state index in [-0.39, 0.29) is 5.75 Å². The lowest BCUT2D eigenvalue weighted by atomic mass is 10.2. The third kappa shape index (κ3) is 2.58. The van der Waals surface area contributed by atoms with Crippen LogP contribution in [-0.4, -0.2) is 13.2 Å². The number of ether oxygens (including phenoxy) is 1. The van der Waals surface area contributed by atoms with Gasteiger partial charge in [0.1, 0.15) is 5.75 Å². The highest BCUT2D eigenvalue weighted by Crippen LogP contribution is 2.26. The summed E-state index contributed by atoms with van der Waals surface area (Å²) < 4.78 is 28.3. The SMILES string of the molecule is CCNc1cccc(OC(F)F)c1C. The molecule has 0 aliphatic heterocycles. The Labute approximate surface area is 81.9 Å². The number of hydrogen-bond donors (Lipinski definition) is 1. The normalized spacial score (nSPS) is 10.4. The van der Waals surface area contributed by atoms with Gasteiger partial charge in [-0.1, -0.05) is 6.07 Å². The van der Waals surface area contributed by atoms with Crippen molar-refractivity contribution in [1.29, 1.82) is 0 Å². The molecule has 4 heteroatoms. The predicted octanol–water partition coefficient (Wildman–Crippen LogP) is 3.03. The van der Waals surface area contributed by atoms with Gasteiger partial charge in [0.25, 0.3) is 0 Å². The second-order valence-corrected chi connectivity index (χ2v) is 2.84. The highest BCUT2D eigenvalue weighted by atomic mass is 19.3. The van der Waals surface area contributed by atoms with E-state index in [1.165, 1.54) is 6.07 Å². The zero-order valence-electron chi connectivity index (χ0n) is 8.18. The minimum atomic E-state index is -2.77. The Balaban J connectivity index is 2.89. The highest BCUT2D eigenvalue weighted by Gasteiger charge is 2.08. The highest BCUT2D eigenvalue weighted by molar-refractivity contribution is 5.56. The van der Waals surface area contributed by atoms with Crippen molar-refractivity contribution in [3.63, 3.8) is 0 Å². The van der Waals surface area contributed by atoms with E-state index >= 15 is 0 Å². The summed E-state index contributed by atoms with van der Waals surface area (Å²) in [6.07, 6.45) is 0. The molecule has 0 aliphatic carbocycles. The molecule has 0 heterocycles. The Bertz CT molecular complexity index is 302. The lowest BCUT2D eigenvalue weighted by Crippen LogP contribution is -2.05. The largest absolute Gasteiger partial charge is 0.434 e. The van der Waals surface area contributed by atoms with E-state index in [1.54, 1.807) is 13.0 Å². The number of benzene rings is 1. The molecule has 0 atom stereocenters. The monoisotopic (exact) mass is 201 g/mol. The fraction of sp³-hybridized carbons (Fsp3) is 0.400. The first-order chi connectivity index (χ1) is 6.65. The molecule has 0 aliphatic rings. The lowest BCUT2D eigenvalue weighted by molar-refractivity contribution is -0.0502. The van der Waals surface area contributed by atoms with E-state index < -0.39 is 6.61 Å². The van der Waals surface area contributed by atoms with Gasteiger partial charge >= 0.3 is 6.61 Å². The van der Waals surface area contributed by atoms with Crippen LogP contribution in [0.1, 0.15) is 12.5 Å². The lowest BCUT2D eigenvalue weighted by Gasteiger charge is -2.12. The third-order valence-electron chi connectivity index (χ3n) is 1.87. The summed E-state index contributed by atoms with van der Waals surface area (Å²) in [7, 11) is 0. The second kappa shape index (κ2) is 4.79. The van der Waals surface area contributed by atoms with Crippen LogP contribution in [0.15, 0.2) is 18.2 Å². The van der Waals surface area contributed by atoms with Crippen LogP contribution >= 0.6 is 0 Å². The van der Waals surface area contributed by atoms with Gasteiger partial charge in [-0.3, -0.25) is 0 Å². The molecule has 0 bridgehead atoms. The van der Waals surface area contributed by atoms with E-state index in [9.17, 15) is 8.78 Å². The summed E-state index contributed by atoms with van der Waals surface area (Å²) in [4.78, 5) is 0. The Hall–Kier alpha value is -1.32. The molecule has 0 spiro atoms. The van der Waals surface area contributed by atoms with Gasteiger partial charge in [-0.25, -0.2) is 0 Å². The van der Waals surface area contributed by atoms with Crippen LogP contribution in [0.5, 0.6) is 5.75 Å². The standard InChI is InChI=1S/C10H13F2NO/c1-3-13-8-5-4-6-9(7(8)2)14-10(11)12/h4-6,10,13H,3H2,1-2H3. The van der Waals surface area contributed by atoms with E-state index in [4.69, 9.17) is 0 Å². The summed E-state index contributed by atoms with van der Waals surface area (Å²) >= 11 is 0. The molecule has 0 aromatic heterocycles. The number of nitrogens with one attached hydrogen (secondary N) is 1. The fourth-order valence-corrected chi connectivity index (χ4v) is 1.22. The van der Waals surface area contributed by atoms with Crippen molar-refractivity contribution in [1.82, 2.24) is 0 Å². The molecule has 0 radical (unpaired) electrons. The van der Waals surface area contributed by atoms with Crippen LogP contribution in [-0.2, 0) is 0 Å². The molecule has 1 N–H and O–H groups in total. The Morgan fingerprint density at radius 2 is 2.14 bits per heavy atom. The molecule has 1 aromatic carbocycles. The average Bonchev–Trinajstić information content (AvgIpc) is 2.11. The van der Waals surface area contributed by atoms with Crippen molar-refractivity contribution < 1.29 is 13.5 Å². The van der Waals surface area contributed by atoms with E-state index in [0.717, 1.165) is 12.2 Å². The third-order valence-corrected chi connectivity index (χ3v) is 1.87. The van der Waals surface area contributed by atoms with Gasteiger partial charge in [-0.05, 0) is 26.0 Å². The van der Waals surface area contributed by atoms with Crippen LogP contribution < -0.4 is 10.1 Å². The van der Waals surface area contributed by atoms with Crippen molar-refractivity contribution in [3.8, 4) is 5.75 Å². The first-order valence-electron chi connectivity index (χ1n) is 4.43. The quantitative estimate of drug-likeness (QED) is 0.808. The van der Waals surface area contributed by atoms with Gasteiger partial charge in [0.15, 0.2) is 0 Å². The smallest absolute Gasteiger partial charge is 0.387 e. The van der Waals surface area contributed by atoms with Crippen molar-refractivity contribution in [2.24, 2.45) is 0 Å². The number of anilines is 1. The van der Waals surface area contributed by atoms with Crippen LogP contribution in [0.4, 0.5) is 14.5 Å². The zero-order chi connectivity index (χ0) is 10.6. The number of alkyl halides is 2. The molecule has 0 fully saturated rings. The minimum Gasteiger partial charge on any atom is -0.434 e. The molecular weight excluding hydrogens is 188 g/mol. The maximum absolute atomic E-state index is 12.0. The van der Waals surface area contributed by atoms with Crippen LogP contribution in [0.2, 0.25) is 0 Å². The molecule has 14 heavy (non-hydrogen) atoms. The number of hydrogen-bond acceptors (Lipinski definition) is 2. The summed E-state index contributed by atoms with van der Waals surface area (Å²) in [5, 5.41) is 3.06. The molecule has 0 saturated carbocycles. The van der Waals surface area contributed by atoms with E-state index in [0.29, 0.717) is 5.56 Å². The van der Waals surface area contributed by atoms with Gasteiger partial charge in [0.05, 0.1) is 0 Å². The topological polar surface area (TPSA) is 21.3 Å². The van der Waals surface area contributed by atoms with Gasteiger partial charge < -0.3 is 10.1 Å². The maximum Gasteiger partial charge on any atom is 0.387 e. The van der Waals surface area contributed by atoms with Gasteiger partial charge in [0, 0.05) is 17.8 Å². The average molecular weight is 201 g/mol. The van der Waals surface area contributed by atoms with Crippen LogP contribution in [0, 0.1) is 6.92 Å². The molecule has 1 aromatic rings. The Morgan fingerprint density at radius 3 is 2.71 bits per heavy atom. The molecule has 0 saturated heterocycles. The van der Waals surface area contributed by atoms with E-state index in [1.807, 2.05) is 13.0 Å². The number of rotatable bonds is 4. The molecule has 0 unspecified atom stereocenters. The zero-order valence-corrected chi connectivity index (χ0v) is 8.18. The summed E-state index contributed by atoms with van der Waals surface area (Å²) in [5.74, 6) is 0.221. The van der Waals surface area contributed by atoms with Crippen molar-refractivity contribution in [3.05, 3.63) is 23.8 Å². The van der Waals surface area contributed by atoms with E-state index in [2.05, 4.69) is 10.1 Å². The van der Waals surface area contributed by atoms with Gasteiger partial charge in [-0.15, -0.1) is 0 Å². The maximum atomic E-state index is 12.0. The molecule has 78 valence electrons. The Morgan fingerprint density at radius 1 is 1.43 bits per heavy atom. The van der Waals surface area contributed by atoms with Crippen LogP contribution in [0.3, 0.4) is 0 Å². The van der Waals surface area contributed by atoms with Crippen molar-refractivity contribution >= 4 is 5.69 Å². The van der Waals surface area contributed by atoms with Crippen LogP contribution in [0.25, 0.3) is 0 Å². The summed E-state index contributed by atoms with van der Waals surface area (Å²) in [6.45, 7) is 1.67. The van der Waals surface area contributed by atoms with Gasteiger partial charge in [0.2, 0.25) is 0 Å². The molecule has 0 amide bonds. The second-order valence-electron chi connectivity index (χ2n) is 2.84. The molecule has 1 rings (SSSR count). The summed E-state index contributed by atoms with van der Waals surface area (Å²) in [6, 6.07) is 5.04. The van der Waals surface area contributed by atoms with Gasteiger partial charge in [-0.2, -0.15) is 8.78 Å². The fourth-order valence-electron chi connectivity index (χ4n) is 1.22. The molecular formula is C10H13F2NO. The minimum absolute atomic E-state index is 0.221. The molecule has 2 nitrogen and oxygen atoms in total. The summed E-state index contributed by atoms with van der Waals surface area (Å²) in [5.41, 5.74) is 1.53.